The third-order valence-electron chi connectivity index (χ3n) is 1.53. The predicted octanol–water partition coefficient (Wildman–Crippen LogP) is -0.694. The van der Waals surface area contributed by atoms with Crippen LogP contribution in [0, 0.1) is 0 Å². The molecule has 1 aromatic rings. The number of primary amides is 1. The highest BCUT2D eigenvalue weighted by Gasteiger charge is 2.15. The SMILES string of the molecule is COC(=O)c1cc(C(N)=O)nn1C. The summed E-state index contributed by atoms with van der Waals surface area (Å²) in [5.41, 5.74) is 5.21. The molecule has 6 nitrogen and oxygen atoms in total. The lowest BCUT2D eigenvalue weighted by Crippen LogP contribution is -2.11. The van der Waals surface area contributed by atoms with E-state index in [1.54, 1.807) is 0 Å². The van der Waals surface area contributed by atoms with E-state index < -0.39 is 11.9 Å². The van der Waals surface area contributed by atoms with E-state index in [1.807, 2.05) is 0 Å². The first-order chi connectivity index (χ1) is 6.06. The molecule has 13 heavy (non-hydrogen) atoms. The summed E-state index contributed by atoms with van der Waals surface area (Å²) in [7, 11) is 2.78. The van der Waals surface area contributed by atoms with Crippen molar-refractivity contribution < 1.29 is 14.3 Å². The Morgan fingerprint density at radius 3 is 2.62 bits per heavy atom. The molecule has 70 valence electrons. The fraction of sp³-hybridized carbons (Fsp3) is 0.286. The van der Waals surface area contributed by atoms with Gasteiger partial charge in [-0.05, 0) is 0 Å². The van der Waals surface area contributed by atoms with Gasteiger partial charge in [-0.2, -0.15) is 5.10 Å². The van der Waals surface area contributed by atoms with Crippen LogP contribution in [0.25, 0.3) is 0 Å². The van der Waals surface area contributed by atoms with Gasteiger partial charge in [0.25, 0.3) is 5.91 Å². The van der Waals surface area contributed by atoms with Crippen LogP contribution >= 0.6 is 0 Å². The minimum Gasteiger partial charge on any atom is -0.464 e. The van der Waals surface area contributed by atoms with Crippen molar-refractivity contribution >= 4 is 11.9 Å². The number of ether oxygens (including phenoxy) is 1. The highest BCUT2D eigenvalue weighted by molar-refractivity contribution is 5.95. The number of amides is 1. The first-order valence-corrected chi connectivity index (χ1v) is 3.48. The van der Waals surface area contributed by atoms with E-state index in [0.29, 0.717) is 0 Å². The maximum Gasteiger partial charge on any atom is 0.356 e. The van der Waals surface area contributed by atoms with Gasteiger partial charge >= 0.3 is 5.97 Å². The lowest BCUT2D eigenvalue weighted by Gasteiger charge is -1.96. The first-order valence-electron chi connectivity index (χ1n) is 3.48. The average molecular weight is 183 g/mol. The summed E-state index contributed by atoms with van der Waals surface area (Å²) in [4.78, 5) is 21.7. The van der Waals surface area contributed by atoms with E-state index in [-0.39, 0.29) is 11.4 Å². The Morgan fingerprint density at radius 2 is 2.23 bits per heavy atom. The van der Waals surface area contributed by atoms with Crippen LogP contribution in [0.5, 0.6) is 0 Å². The van der Waals surface area contributed by atoms with Gasteiger partial charge in [0.2, 0.25) is 0 Å². The van der Waals surface area contributed by atoms with E-state index in [2.05, 4.69) is 9.84 Å². The molecule has 0 aliphatic rings. The zero-order valence-corrected chi connectivity index (χ0v) is 7.27. The molecule has 0 aliphatic carbocycles. The number of hydrogen-bond donors (Lipinski definition) is 1. The molecule has 1 aromatic heterocycles. The fourth-order valence-electron chi connectivity index (χ4n) is 0.883. The van der Waals surface area contributed by atoms with Crippen LogP contribution < -0.4 is 5.73 Å². The lowest BCUT2D eigenvalue weighted by molar-refractivity contribution is 0.0588. The third kappa shape index (κ3) is 1.66. The molecule has 0 saturated heterocycles. The molecule has 0 saturated carbocycles. The Hall–Kier alpha value is -1.85. The zero-order valence-electron chi connectivity index (χ0n) is 7.27. The number of aromatic nitrogens is 2. The molecule has 0 spiro atoms. The largest absolute Gasteiger partial charge is 0.464 e. The van der Waals surface area contributed by atoms with Gasteiger partial charge in [0.15, 0.2) is 5.69 Å². The minimum absolute atomic E-state index is 0.0444. The van der Waals surface area contributed by atoms with Crippen molar-refractivity contribution in [3.8, 4) is 0 Å². The van der Waals surface area contributed by atoms with Crippen molar-refractivity contribution in [3.05, 3.63) is 17.5 Å². The summed E-state index contributed by atoms with van der Waals surface area (Å²) >= 11 is 0. The van der Waals surface area contributed by atoms with Crippen LogP contribution in [0.2, 0.25) is 0 Å². The molecular weight excluding hydrogens is 174 g/mol. The van der Waals surface area contributed by atoms with Gasteiger partial charge in [-0.15, -0.1) is 0 Å². The van der Waals surface area contributed by atoms with E-state index >= 15 is 0 Å². The zero-order chi connectivity index (χ0) is 10.0. The smallest absolute Gasteiger partial charge is 0.356 e. The maximum absolute atomic E-state index is 11.0. The van der Waals surface area contributed by atoms with Crippen molar-refractivity contribution in [2.45, 2.75) is 0 Å². The molecule has 0 atom stereocenters. The number of aryl methyl sites for hydroxylation is 1. The van der Waals surface area contributed by atoms with E-state index in [1.165, 1.54) is 24.9 Å². The molecule has 1 heterocycles. The van der Waals surface area contributed by atoms with Gasteiger partial charge < -0.3 is 10.5 Å². The fourth-order valence-corrected chi connectivity index (χ4v) is 0.883. The molecule has 0 bridgehead atoms. The molecular formula is C7H9N3O3. The summed E-state index contributed by atoms with van der Waals surface area (Å²) in [6.45, 7) is 0. The first kappa shape index (κ1) is 9.24. The Balaban J connectivity index is 3.10. The number of hydrogen-bond acceptors (Lipinski definition) is 4. The van der Waals surface area contributed by atoms with Crippen LogP contribution in [0.4, 0.5) is 0 Å². The number of nitrogens with two attached hydrogens (primary N) is 1. The Morgan fingerprint density at radius 1 is 1.62 bits per heavy atom. The summed E-state index contributed by atoms with van der Waals surface area (Å²) in [5, 5.41) is 3.72. The molecule has 1 amide bonds. The second-order valence-corrected chi connectivity index (χ2v) is 2.39. The monoisotopic (exact) mass is 183 g/mol. The molecule has 0 unspecified atom stereocenters. The van der Waals surface area contributed by atoms with Gasteiger partial charge in [0, 0.05) is 13.1 Å². The molecule has 0 fully saturated rings. The van der Waals surface area contributed by atoms with Crippen LogP contribution in [-0.2, 0) is 11.8 Å². The minimum atomic E-state index is -0.675. The lowest BCUT2D eigenvalue weighted by atomic mass is 10.3. The van der Waals surface area contributed by atoms with Crippen molar-refractivity contribution in [2.24, 2.45) is 12.8 Å². The van der Waals surface area contributed by atoms with Gasteiger partial charge in [-0.3, -0.25) is 9.48 Å². The van der Waals surface area contributed by atoms with Gasteiger partial charge in [0.05, 0.1) is 7.11 Å². The Bertz CT molecular complexity index is 356. The molecule has 0 aliphatic heterocycles. The van der Waals surface area contributed by atoms with Crippen molar-refractivity contribution in [1.82, 2.24) is 9.78 Å². The summed E-state index contributed by atoms with van der Waals surface area (Å²) < 4.78 is 5.70. The molecule has 1 rings (SSSR count). The molecule has 0 aromatic carbocycles. The number of rotatable bonds is 2. The molecule has 2 N–H and O–H groups in total. The highest BCUT2D eigenvalue weighted by Crippen LogP contribution is 2.03. The molecule has 0 radical (unpaired) electrons. The summed E-state index contributed by atoms with van der Waals surface area (Å²) in [6, 6.07) is 1.29. The second-order valence-electron chi connectivity index (χ2n) is 2.39. The van der Waals surface area contributed by atoms with Gasteiger partial charge in [-0.1, -0.05) is 0 Å². The second kappa shape index (κ2) is 3.26. The van der Waals surface area contributed by atoms with Crippen molar-refractivity contribution in [3.63, 3.8) is 0 Å². The molecule has 6 heteroatoms. The highest BCUT2D eigenvalue weighted by atomic mass is 16.5. The van der Waals surface area contributed by atoms with Gasteiger partial charge in [0.1, 0.15) is 5.69 Å². The predicted molar refractivity (Wildman–Crippen MR) is 43.1 cm³/mol. The third-order valence-corrected chi connectivity index (χ3v) is 1.53. The Labute approximate surface area is 74.3 Å². The number of esters is 1. The van der Waals surface area contributed by atoms with Gasteiger partial charge in [-0.25, -0.2) is 4.79 Å². The number of methoxy groups -OCH3 is 1. The van der Waals surface area contributed by atoms with E-state index in [9.17, 15) is 9.59 Å². The van der Waals surface area contributed by atoms with Crippen LogP contribution in [-0.4, -0.2) is 28.8 Å². The van der Waals surface area contributed by atoms with Crippen molar-refractivity contribution in [2.75, 3.05) is 7.11 Å². The van der Waals surface area contributed by atoms with E-state index in [4.69, 9.17) is 5.73 Å². The summed E-state index contributed by atoms with van der Waals surface area (Å²) in [6.07, 6.45) is 0. The quantitative estimate of drug-likeness (QED) is 0.614. The van der Waals surface area contributed by atoms with E-state index in [0.717, 1.165) is 0 Å². The number of carbonyl (C=O) groups is 2. The topological polar surface area (TPSA) is 87.2 Å². The Kier molecular flexibility index (Phi) is 2.32. The normalized spacial score (nSPS) is 9.69. The maximum atomic E-state index is 11.0. The van der Waals surface area contributed by atoms with Crippen LogP contribution in [0.1, 0.15) is 21.0 Å². The number of carbonyl (C=O) groups excluding carboxylic acids is 2. The van der Waals surface area contributed by atoms with Crippen LogP contribution in [0.3, 0.4) is 0 Å². The standard InChI is InChI=1S/C7H9N3O3/c1-10-5(7(12)13-2)3-4(9-10)6(8)11/h3H,1-2H3,(H2,8,11). The van der Waals surface area contributed by atoms with Crippen LogP contribution in [0.15, 0.2) is 6.07 Å². The summed E-state index contributed by atoms with van der Waals surface area (Å²) in [5.74, 6) is -1.23. The van der Waals surface area contributed by atoms with Crippen molar-refractivity contribution in [1.29, 1.82) is 0 Å². The number of nitrogens with zero attached hydrogens (tertiary/aromatic N) is 2. The average Bonchev–Trinajstić information content (AvgIpc) is 2.46.